The van der Waals surface area contributed by atoms with Crippen LogP contribution in [-0.2, 0) is 0 Å². The molecule has 5 aromatic carbocycles. The second kappa shape index (κ2) is 12.0. The first-order valence-electron chi connectivity index (χ1n) is 17.8. The third kappa shape index (κ3) is 6.11. The molecule has 0 amide bonds. The molecule has 0 saturated carbocycles. The predicted octanol–water partition coefficient (Wildman–Crippen LogP) is 11.6. The molecule has 50 heavy (non-hydrogen) atoms. The molecule has 0 unspecified atom stereocenters. The Kier molecular flexibility index (Phi) is 8.64. The molecule has 0 aliphatic rings. The van der Waals surface area contributed by atoms with E-state index in [4.69, 9.17) is 0 Å². The number of hydrogen-bond acceptors (Lipinski definition) is 0. The molecule has 2 aromatic heterocycles. The standard InChI is InChI=1S/C42H50Br2N2Si4/c1-47(2,3)27-13-17-37-31(21-27)32-22-28(48(4,5)6)14-18-38(32)45(37)41-26-42(36(44)25-35(41)43)46-39-19-15-29(49(7,8)9)23-33(39)34-24-30(50(10,11)12)16-20-40(34)46/h13-26H,1-12H3. The Balaban J connectivity index is 1.56. The average molecular weight is 855 g/mol. The van der Waals surface area contributed by atoms with Crippen LogP contribution < -0.4 is 20.7 Å². The molecule has 0 bridgehead atoms. The van der Waals surface area contributed by atoms with Gasteiger partial charge >= 0.3 is 0 Å². The highest BCUT2D eigenvalue weighted by molar-refractivity contribution is 9.11. The molecule has 0 N–H and O–H groups in total. The minimum absolute atomic E-state index is 1.07. The van der Waals surface area contributed by atoms with Gasteiger partial charge in [-0.05, 0) is 68.3 Å². The molecule has 258 valence electrons. The lowest BCUT2D eigenvalue weighted by Crippen LogP contribution is -2.37. The Bertz CT molecular complexity index is 2180. The SMILES string of the molecule is C[Si](C)(C)c1ccc2c(c1)c1cc([Si](C)(C)C)ccc1n2-c1cc(-n2c3ccc([Si](C)(C)C)cc3c3cc([Si](C)(C)C)ccc32)c(Br)cc1Br. The molecule has 0 aliphatic heterocycles. The molecular weight excluding hydrogens is 805 g/mol. The van der Waals surface area contributed by atoms with E-state index >= 15 is 0 Å². The molecule has 0 spiro atoms. The summed E-state index contributed by atoms with van der Waals surface area (Å²) < 4.78 is 7.12. The van der Waals surface area contributed by atoms with E-state index in [0.29, 0.717) is 0 Å². The van der Waals surface area contributed by atoms with Gasteiger partial charge in [-0.1, -0.05) is 148 Å². The number of aromatic nitrogens is 2. The fourth-order valence-electron chi connectivity index (χ4n) is 7.30. The summed E-state index contributed by atoms with van der Waals surface area (Å²) in [6, 6.07) is 33.7. The van der Waals surface area contributed by atoms with Gasteiger partial charge in [-0.25, -0.2) is 0 Å². The first kappa shape index (κ1) is 35.9. The van der Waals surface area contributed by atoms with E-state index in [1.165, 1.54) is 64.4 Å². The maximum absolute atomic E-state index is 4.05. The Hall–Kier alpha value is -2.47. The summed E-state index contributed by atoms with van der Waals surface area (Å²) >= 11 is 8.11. The van der Waals surface area contributed by atoms with E-state index < -0.39 is 32.3 Å². The zero-order chi connectivity index (χ0) is 36.3. The van der Waals surface area contributed by atoms with E-state index in [9.17, 15) is 0 Å². The van der Waals surface area contributed by atoms with Gasteiger partial charge in [0.1, 0.15) is 0 Å². The lowest BCUT2D eigenvalue weighted by atomic mass is 10.1. The normalized spacial score (nSPS) is 13.4. The number of nitrogens with zero attached hydrogens (tertiary/aromatic N) is 2. The third-order valence-electron chi connectivity index (χ3n) is 10.5. The summed E-state index contributed by atoms with van der Waals surface area (Å²) in [5.41, 5.74) is 7.32. The molecule has 7 aromatic rings. The zero-order valence-corrected chi connectivity index (χ0v) is 38.9. The van der Waals surface area contributed by atoms with Crippen molar-refractivity contribution in [3.8, 4) is 11.4 Å². The number of halogens is 2. The summed E-state index contributed by atoms with van der Waals surface area (Å²) in [5.74, 6) is 0. The van der Waals surface area contributed by atoms with Gasteiger partial charge in [0, 0.05) is 30.5 Å². The summed E-state index contributed by atoms with van der Waals surface area (Å²) in [7, 11) is -6.08. The van der Waals surface area contributed by atoms with Crippen molar-refractivity contribution in [1.29, 1.82) is 0 Å². The predicted molar refractivity (Wildman–Crippen MR) is 242 cm³/mol. The minimum Gasteiger partial charge on any atom is -0.308 e. The van der Waals surface area contributed by atoms with Gasteiger partial charge in [0.25, 0.3) is 0 Å². The fourth-order valence-corrected chi connectivity index (χ4v) is 13.3. The van der Waals surface area contributed by atoms with E-state index in [2.05, 4.69) is 204 Å². The third-order valence-corrected chi connectivity index (χ3v) is 19.9. The maximum atomic E-state index is 4.05. The quantitative estimate of drug-likeness (QED) is 0.148. The molecular formula is C42H50Br2N2Si4. The lowest BCUT2D eigenvalue weighted by Gasteiger charge is -2.19. The molecule has 0 atom stereocenters. The first-order chi connectivity index (χ1) is 23.1. The molecule has 2 heterocycles. The van der Waals surface area contributed by atoms with Crippen LogP contribution in [-0.4, -0.2) is 41.4 Å². The van der Waals surface area contributed by atoms with Crippen LogP contribution in [0.25, 0.3) is 55.0 Å². The van der Waals surface area contributed by atoms with Crippen LogP contribution in [0.2, 0.25) is 78.6 Å². The van der Waals surface area contributed by atoms with Gasteiger partial charge in [0.05, 0.1) is 65.7 Å². The average Bonchev–Trinajstić information content (AvgIpc) is 3.51. The minimum atomic E-state index is -1.52. The van der Waals surface area contributed by atoms with Gasteiger partial charge in [-0.2, -0.15) is 0 Å². The van der Waals surface area contributed by atoms with Crippen molar-refractivity contribution in [2.45, 2.75) is 78.6 Å². The van der Waals surface area contributed by atoms with E-state index in [-0.39, 0.29) is 0 Å². The van der Waals surface area contributed by atoms with Gasteiger partial charge in [-0.3, -0.25) is 0 Å². The van der Waals surface area contributed by atoms with Crippen LogP contribution in [0.5, 0.6) is 0 Å². The molecule has 7 rings (SSSR count). The van der Waals surface area contributed by atoms with Crippen molar-refractivity contribution in [2.75, 3.05) is 0 Å². The largest absolute Gasteiger partial charge is 0.308 e. The highest BCUT2D eigenvalue weighted by Gasteiger charge is 2.26. The van der Waals surface area contributed by atoms with Crippen molar-refractivity contribution >= 4 is 129 Å². The second-order valence-corrected chi connectivity index (χ2v) is 40.4. The van der Waals surface area contributed by atoms with Crippen LogP contribution in [0.4, 0.5) is 0 Å². The van der Waals surface area contributed by atoms with Crippen LogP contribution in [0.1, 0.15) is 0 Å². The van der Waals surface area contributed by atoms with Gasteiger partial charge in [0.15, 0.2) is 0 Å². The molecule has 2 nitrogen and oxygen atoms in total. The number of fused-ring (bicyclic) bond motifs is 6. The Morgan fingerprint density at radius 3 is 0.800 bits per heavy atom. The first-order valence-corrected chi connectivity index (χ1v) is 33.4. The molecule has 0 aliphatic carbocycles. The molecule has 0 fully saturated rings. The van der Waals surface area contributed by atoms with Crippen LogP contribution in [0.3, 0.4) is 0 Å². The van der Waals surface area contributed by atoms with Crippen molar-refractivity contribution in [1.82, 2.24) is 9.13 Å². The Morgan fingerprint density at radius 2 is 0.580 bits per heavy atom. The summed E-state index contributed by atoms with van der Waals surface area (Å²) in [4.78, 5) is 0. The van der Waals surface area contributed by atoms with Crippen LogP contribution >= 0.6 is 31.9 Å². The van der Waals surface area contributed by atoms with E-state index in [1.54, 1.807) is 0 Å². The highest BCUT2D eigenvalue weighted by atomic mass is 79.9. The second-order valence-electron chi connectivity index (χ2n) is 18.4. The Labute approximate surface area is 319 Å². The topological polar surface area (TPSA) is 9.86 Å². The Morgan fingerprint density at radius 1 is 0.340 bits per heavy atom. The van der Waals surface area contributed by atoms with Crippen molar-refractivity contribution in [2.24, 2.45) is 0 Å². The van der Waals surface area contributed by atoms with E-state index in [0.717, 1.165) is 20.3 Å². The molecule has 8 heteroatoms. The van der Waals surface area contributed by atoms with E-state index in [1.807, 2.05) is 0 Å². The van der Waals surface area contributed by atoms with Crippen molar-refractivity contribution in [3.63, 3.8) is 0 Å². The van der Waals surface area contributed by atoms with Crippen molar-refractivity contribution < 1.29 is 0 Å². The summed E-state index contributed by atoms with van der Waals surface area (Å²) in [6.45, 7) is 29.4. The monoisotopic (exact) mass is 852 g/mol. The zero-order valence-electron chi connectivity index (χ0n) is 31.7. The highest BCUT2D eigenvalue weighted by Crippen LogP contribution is 2.40. The fraction of sp³-hybridized carbons (Fsp3) is 0.286. The van der Waals surface area contributed by atoms with Crippen LogP contribution in [0, 0.1) is 0 Å². The summed E-state index contributed by atoms with van der Waals surface area (Å²) in [6.07, 6.45) is 0. The smallest absolute Gasteiger partial charge is 0.0776 e. The summed E-state index contributed by atoms with van der Waals surface area (Å²) in [5, 5.41) is 11.4. The number of rotatable bonds is 6. The van der Waals surface area contributed by atoms with Crippen molar-refractivity contribution in [3.05, 3.63) is 93.9 Å². The maximum Gasteiger partial charge on any atom is 0.0776 e. The molecule has 0 radical (unpaired) electrons. The van der Waals surface area contributed by atoms with Gasteiger partial charge in [0.2, 0.25) is 0 Å². The number of benzene rings is 5. The van der Waals surface area contributed by atoms with Gasteiger partial charge < -0.3 is 9.13 Å². The lowest BCUT2D eigenvalue weighted by molar-refractivity contribution is 1.12. The number of hydrogen-bond donors (Lipinski definition) is 0. The van der Waals surface area contributed by atoms with Gasteiger partial charge in [-0.15, -0.1) is 0 Å². The van der Waals surface area contributed by atoms with Crippen LogP contribution in [0.15, 0.2) is 93.9 Å². The molecule has 0 saturated heterocycles.